The molecule has 2 rings (SSSR count). The topological polar surface area (TPSA) is 12.0 Å². The molecule has 1 heterocycles. The Kier molecular flexibility index (Phi) is 3.22. The first kappa shape index (κ1) is 9.75. The first-order valence-corrected chi connectivity index (χ1v) is 5.48. The molecule has 0 atom stereocenters. The summed E-state index contributed by atoms with van der Waals surface area (Å²) >= 11 is 5.60. The van der Waals surface area contributed by atoms with Crippen molar-refractivity contribution in [3.8, 4) is 0 Å². The van der Waals surface area contributed by atoms with E-state index in [1.807, 2.05) is 6.08 Å². The first-order chi connectivity index (χ1) is 6.90. The molecule has 1 N–H and O–H groups in total. The van der Waals surface area contributed by atoms with Crippen molar-refractivity contribution >= 4 is 17.7 Å². The maximum absolute atomic E-state index is 5.60. The van der Waals surface area contributed by atoms with Crippen molar-refractivity contribution in [3.05, 3.63) is 41.0 Å². The third-order valence-corrected chi connectivity index (χ3v) is 2.69. The van der Waals surface area contributed by atoms with E-state index in [1.165, 1.54) is 16.7 Å². The second-order valence-electron chi connectivity index (χ2n) is 3.51. The van der Waals surface area contributed by atoms with Gasteiger partial charge in [0.2, 0.25) is 0 Å². The Morgan fingerprint density at radius 3 is 3.14 bits per heavy atom. The van der Waals surface area contributed by atoms with Crippen LogP contribution in [0, 0.1) is 0 Å². The third-order valence-electron chi connectivity index (χ3n) is 2.52. The van der Waals surface area contributed by atoms with Gasteiger partial charge in [0.05, 0.1) is 0 Å². The summed E-state index contributed by atoms with van der Waals surface area (Å²) in [6.45, 7) is 2.10. The van der Waals surface area contributed by atoms with E-state index >= 15 is 0 Å². The molecule has 0 saturated heterocycles. The SMILES string of the molecule is ClCC=Cc1ccc2c(c1)CNCC2. The molecule has 0 bridgehead atoms. The minimum atomic E-state index is 0.579. The Balaban J connectivity index is 2.24. The number of hydrogen-bond donors (Lipinski definition) is 1. The highest BCUT2D eigenvalue weighted by atomic mass is 35.5. The lowest BCUT2D eigenvalue weighted by molar-refractivity contribution is 0.643. The van der Waals surface area contributed by atoms with Crippen LogP contribution in [-0.4, -0.2) is 12.4 Å². The minimum absolute atomic E-state index is 0.579. The molecule has 0 amide bonds. The van der Waals surface area contributed by atoms with Crippen molar-refractivity contribution in [3.63, 3.8) is 0 Å². The molecule has 0 radical (unpaired) electrons. The van der Waals surface area contributed by atoms with Crippen molar-refractivity contribution in [2.75, 3.05) is 12.4 Å². The molecule has 0 unspecified atom stereocenters. The van der Waals surface area contributed by atoms with Gasteiger partial charge in [-0.1, -0.05) is 30.4 Å². The van der Waals surface area contributed by atoms with E-state index in [1.54, 1.807) is 0 Å². The summed E-state index contributed by atoms with van der Waals surface area (Å²) in [6.07, 6.45) is 5.19. The predicted octanol–water partition coefficient (Wildman–Crippen LogP) is 2.58. The Hall–Kier alpha value is -0.790. The third kappa shape index (κ3) is 2.17. The Morgan fingerprint density at radius 1 is 1.36 bits per heavy atom. The van der Waals surface area contributed by atoms with Gasteiger partial charge in [-0.25, -0.2) is 0 Å². The van der Waals surface area contributed by atoms with E-state index in [0.717, 1.165) is 19.5 Å². The molecule has 14 heavy (non-hydrogen) atoms. The zero-order valence-corrected chi connectivity index (χ0v) is 8.85. The number of benzene rings is 1. The molecule has 1 aromatic carbocycles. The van der Waals surface area contributed by atoms with Crippen LogP contribution >= 0.6 is 11.6 Å². The number of halogens is 1. The summed E-state index contributed by atoms with van der Waals surface area (Å²) in [6, 6.07) is 6.63. The van der Waals surface area contributed by atoms with Crippen LogP contribution in [0.4, 0.5) is 0 Å². The lowest BCUT2D eigenvalue weighted by Gasteiger charge is -2.17. The van der Waals surface area contributed by atoms with Gasteiger partial charge in [0.25, 0.3) is 0 Å². The highest BCUT2D eigenvalue weighted by Gasteiger charge is 2.07. The Bertz CT molecular complexity index is 344. The molecule has 0 aliphatic carbocycles. The molecule has 1 aliphatic rings. The molecule has 0 spiro atoms. The Labute approximate surface area is 89.8 Å². The first-order valence-electron chi connectivity index (χ1n) is 4.95. The standard InChI is InChI=1S/C12H14ClN/c13-6-1-2-10-3-4-11-5-7-14-9-12(11)8-10/h1-4,8,14H,5-7,9H2. The molecular formula is C12H14ClN. The smallest absolute Gasteiger partial charge is 0.0407 e. The molecule has 0 fully saturated rings. The van der Waals surface area contributed by atoms with Gasteiger partial charge in [-0.2, -0.15) is 0 Å². The molecule has 0 saturated carbocycles. The average Bonchev–Trinajstić information content (AvgIpc) is 2.26. The molecule has 1 nitrogen and oxygen atoms in total. The van der Waals surface area contributed by atoms with Gasteiger partial charge in [0, 0.05) is 12.4 Å². The summed E-state index contributed by atoms with van der Waals surface area (Å²) in [5.41, 5.74) is 4.15. The quantitative estimate of drug-likeness (QED) is 0.736. The minimum Gasteiger partial charge on any atom is -0.312 e. The maximum atomic E-state index is 5.60. The van der Waals surface area contributed by atoms with Crippen molar-refractivity contribution < 1.29 is 0 Å². The van der Waals surface area contributed by atoms with Gasteiger partial charge in [-0.15, -0.1) is 11.6 Å². The number of rotatable bonds is 2. The fourth-order valence-electron chi connectivity index (χ4n) is 1.78. The molecular weight excluding hydrogens is 194 g/mol. The fraction of sp³-hybridized carbons (Fsp3) is 0.333. The molecule has 1 aromatic rings. The van der Waals surface area contributed by atoms with E-state index in [2.05, 4.69) is 29.6 Å². The van der Waals surface area contributed by atoms with Crippen LogP contribution in [-0.2, 0) is 13.0 Å². The number of hydrogen-bond acceptors (Lipinski definition) is 1. The number of allylic oxidation sites excluding steroid dienone is 1. The number of alkyl halides is 1. The van der Waals surface area contributed by atoms with Gasteiger partial charge in [-0.05, 0) is 29.7 Å². The zero-order valence-electron chi connectivity index (χ0n) is 8.09. The van der Waals surface area contributed by atoms with Gasteiger partial charge in [0.1, 0.15) is 0 Å². The van der Waals surface area contributed by atoms with Crippen LogP contribution in [0.5, 0.6) is 0 Å². The lowest BCUT2D eigenvalue weighted by atomic mass is 9.98. The fourth-order valence-corrected chi connectivity index (χ4v) is 1.87. The van der Waals surface area contributed by atoms with E-state index in [-0.39, 0.29) is 0 Å². The van der Waals surface area contributed by atoms with Gasteiger partial charge in [0.15, 0.2) is 0 Å². The summed E-state index contributed by atoms with van der Waals surface area (Å²) in [5.74, 6) is 0.579. The zero-order chi connectivity index (χ0) is 9.80. The second-order valence-corrected chi connectivity index (χ2v) is 3.82. The number of nitrogens with one attached hydrogen (secondary N) is 1. The number of fused-ring (bicyclic) bond motifs is 1. The van der Waals surface area contributed by atoms with Gasteiger partial charge >= 0.3 is 0 Å². The van der Waals surface area contributed by atoms with Gasteiger partial charge < -0.3 is 5.32 Å². The lowest BCUT2D eigenvalue weighted by Crippen LogP contribution is -2.23. The average molecular weight is 208 g/mol. The van der Waals surface area contributed by atoms with Crippen molar-refractivity contribution in [2.24, 2.45) is 0 Å². The molecule has 74 valence electrons. The summed E-state index contributed by atoms with van der Waals surface area (Å²) in [4.78, 5) is 0. The largest absolute Gasteiger partial charge is 0.312 e. The normalized spacial score (nSPS) is 15.8. The monoisotopic (exact) mass is 207 g/mol. The van der Waals surface area contributed by atoms with E-state index in [9.17, 15) is 0 Å². The Morgan fingerprint density at radius 2 is 2.29 bits per heavy atom. The summed E-state index contributed by atoms with van der Waals surface area (Å²) in [5, 5.41) is 3.37. The van der Waals surface area contributed by atoms with Crippen LogP contribution in [0.25, 0.3) is 6.08 Å². The predicted molar refractivity (Wildman–Crippen MR) is 61.6 cm³/mol. The van der Waals surface area contributed by atoms with E-state index in [4.69, 9.17) is 11.6 Å². The molecule has 2 heteroatoms. The summed E-state index contributed by atoms with van der Waals surface area (Å²) in [7, 11) is 0. The van der Waals surface area contributed by atoms with Gasteiger partial charge in [-0.3, -0.25) is 0 Å². The molecule has 1 aliphatic heterocycles. The van der Waals surface area contributed by atoms with E-state index in [0.29, 0.717) is 5.88 Å². The summed E-state index contributed by atoms with van der Waals surface area (Å²) < 4.78 is 0. The highest BCUT2D eigenvalue weighted by molar-refractivity contribution is 6.19. The van der Waals surface area contributed by atoms with Crippen molar-refractivity contribution in [1.29, 1.82) is 0 Å². The van der Waals surface area contributed by atoms with Crippen LogP contribution in [0.1, 0.15) is 16.7 Å². The highest BCUT2D eigenvalue weighted by Crippen LogP contribution is 2.16. The second kappa shape index (κ2) is 4.63. The van der Waals surface area contributed by atoms with Crippen LogP contribution in [0.2, 0.25) is 0 Å². The maximum Gasteiger partial charge on any atom is 0.0407 e. The van der Waals surface area contributed by atoms with E-state index < -0.39 is 0 Å². The molecule has 0 aromatic heterocycles. The van der Waals surface area contributed by atoms with Crippen molar-refractivity contribution in [2.45, 2.75) is 13.0 Å². The van der Waals surface area contributed by atoms with Crippen LogP contribution in [0.3, 0.4) is 0 Å². The van der Waals surface area contributed by atoms with Crippen LogP contribution < -0.4 is 5.32 Å². The van der Waals surface area contributed by atoms with Crippen molar-refractivity contribution in [1.82, 2.24) is 5.32 Å². The van der Waals surface area contributed by atoms with Crippen LogP contribution in [0.15, 0.2) is 24.3 Å².